The fourth-order valence-corrected chi connectivity index (χ4v) is 4.37. The van der Waals surface area contributed by atoms with Gasteiger partial charge in [0.05, 0.1) is 6.04 Å². The monoisotopic (exact) mass is 570 g/mol. The molecule has 2 N–H and O–H groups in total. The highest BCUT2D eigenvalue weighted by atomic mass is 35.5. The average Bonchev–Trinajstić information content (AvgIpc) is 2.89. The van der Waals surface area contributed by atoms with Gasteiger partial charge in [0.1, 0.15) is 23.0 Å². The number of carboxylic acid groups (broad SMARTS) is 1. The summed E-state index contributed by atoms with van der Waals surface area (Å²) in [5.74, 6) is -0.810. The minimum Gasteiger partial charge on any atom is -0.481 e. The Kier molecular flexibility index (Phi) is 12.5. The number of ether oxygens (including phenoxy) is 1. The number of halogens is 2. The van der Waals surface area contributed by atoms with Gasteiger partial charge in [0.15, 0.2) is 0 Å². The molecule has 2 aromatic carbocycles. The highest BCUT2D eigenvalue weighted by Crippen LogP contribution is 2.29. The predicted octanol–water partition coefficient (Wildman–Crippen LogP) is 7.82. The van der Waals surface area contributed by atoms with E-state index in [9.17, 15) is 14.0 Å². The number of likely N-dealkylation sites (N-methyl/N-ethyl adjacent to an activating group) is 1. The third-order valence-electron chi connectivity index (χ3n) is 6.78. The third kappa shape index (κ3) is 9.56. The Bertz CT molecular complexity index is 1280. The van der Waals surface area contributed by atoms with Crippen LogP contribution < -0.4 is 10.1 Å². The topological polar surface area (TPSA) is 78.9 Å². The SMILES string of the molecule is C=CC(C)N(C)/C(C(=O)NC(CC)c1cc(F)cc(Oc2ccc(CCC(=O)O)c(C)c2)c1)=C(/C)C/C=C(\C)Cl. The van der Waals surface area contributed by atoms with E-state index in [-0.39, 0.29) is 18.4 Å². The van der Waals surface area contributed by atoms with Crippen LogP contribution in [-0.2, 0) is 16.0 Å². The van der Waals surface area contributed by atoms with Gasteiger partial charge in [-0.1, -0.05) is 36.7 Å². The van der Waals surface area contributed by atoms with Crippen molar-refractivity contribution in [2.24, 2.45) is 0 Å². The second-order valence-corrected chi connectivity index (χ2v) is 10.5. The van der Waals surface area contributed by atoms with Gasteiger partial charge in [-0.15, -0.1) is 6.58 Å². The number of hydrogen-bond acceptors (Lipinski definition) is 4. The number of benzene rings is 2. The minimum atomic E-state index is -0.855. The molecule has 0 aliphatic rings. The maximum Gasteiger partial charge on any atom is 0.303 e. The molecule has 0 spiro atoms. The molecule has 216 valence electrons. The van der Waals surface area contributed by atoms with Crippen LogP contribution in [0, 0.1) is 12.7 Å². The van der Waals surface area contributed by atoms with Crippen LogP contribution in [0.3, 0.4) is 0 Å². The van der Waals surface area contributed by atoms with Crippen LogP contribution in [0.25, 0.3) is 0 Å². The molecule has 0 radical (unpaired) electrons. The number of amides is 1. The molecule has 0 fully saturated rings. The summed E-state index contributed by atoms with van der Waals surface area (Å²) in [6, 6.07) is 9.21. The Balaban J connectivity index is 2.33. The van der Waals surface area contributed by atoms with Crippen molar-refractivity contribution in [2.45, 2.75) is 72.4 Å². The number of carbonyl (C=O) groups is 2. The molecule has 0 bridgehead atoms. The van der Waals surface area contributed by atoms with Gasteiger partial charge in [0.2, 0.25) is 0 Å². The number of rotatable bonds is 14. The quantitative estimate of drug-likeness (QED) is 0.179. The highest BCUT2D eigenvalue weighted by Gasteiger charge is 2.23. The molecule has 8 heteroatoms. The van der Waals surface area contributed by atoms with Crippen LogP contribution in [0.15, 0.2) is 71.4 Å². The number of hydrogen-bond donors (Lipinski definition) is 2. The number of aliphatic carboxylic acids is 1. The van der Waals surface area contributed by atoms with Crippen molar-refractivity contribution < 1.29 is 23.8 Å². The standard InChI is InChI=1S/C32H40ClFN2O4/c1-8-23(6)36(7)31(20(3)10-11-22(5)33)32(39)35-29(9-2)25-17-26(34)19-28(18-25)40-27-14-12-24(21(4)16-27)13-15-30(37)38/h8,11-12,14,16-19,23,29H,1,9-10,13,15H2,2-7H3,(H,35,39)(H,37,38)/b22-11+,31-20-. The number of nitrogens with one attached hydrogen (secondary N) is 1. The number of nitrogens with zero attached hydrogens (tertiary/aromatic N) is 1. The van der Waals surface area contributed by atoms with Crippen LogP contribution in [-0.4, -0.2) is 35.0 Å². The summed E-state index contributed by atoms with van der Waals surface area (Å²) in [5.41, 5.74) is 3.73. The largest absolute Gasteiger partial charge is 0.481 e. The van der Waals surface area contributed by atoms with Gasteiger partial charge in [0.25, 0.3) is 5.91 Å². The summed E-state index contributed by atoms with van der Waals surface area (Å²) >= 11 is 6.03. The molecule has 2 unspecified atom stereocenters. The van der Waals surface area contributed by atoms with Gasteiger partial charge in [-0.2, -0.15) is 0 Å². The lowest BCUT2D eigenvalue weighted by Crippen LogP contribution is -2.39. The van der Waals surface area contributed by atoms with E-state index in [0.717, 1.165) is 16.7 Å². The fraction of sp³-hybridized carbons (Fsp3) is 0.375. The first-order chi connectivity index (χ1) is 18.9. The Morgan fingerprint density at radius 3 is 2.48 bits per heavy atom. The average molecular weight is 571 g/mol. The van der Waals surface area contributed by atoms with Crippen LogP contribution >= 0.6 is 11.6 Å². The zero-order chi connectivity index (χ0) is 30.0. The molecule has 2 rings (SSSR count). The van der Waals surface area contributed by atoms with Crippen LogP contribution in [0.1, 0.15) is 69.7 Å². The van der Waals surface area contributed by atoms with E-state index in [2.05, 4.69) is 11.9 Å². The summed E-state index contributed by atoms with van der Waals surface area (Å²) in [7, 11) is 1.84. The molecule has 1 amide bonds. The van der Waals surface area contributed by atoms with E-state index in [1.807, 2.05) is 51.8 Å². The van der Waals surface area contributed by atoms with Crippen molar-refractivity contribution in [3.05, 3.63) is 93.9 Å². The van der Waals surface area contributed by atoms with Crippen molar-refractivity contribution in [3.63, 3.8) is 0 Å². The molecular formula is C32H40ClFN2O4. The molecule has 0 saturated heterocycles. The Hall–Kier alpha value is -3.58. The first-order valence-corrected chi connectivity index (χ1v) is 13.7. The number of carboxylic acids is 1. The molecular weight excluding hydrogens is 531 g/mol. The Labute approximate surface area is 242 Å². The van der Waals surface area contributed by atoms with E-state index >= 15 is 0 Å². The van der Waals surface area contributed by atoms with Gasteiger partial charge < -0.3 is 20.1 Å². The van der Waals surface area contributed by atoms with E-state index < -0.39 is 17.8 Å². The van der Waals surface area contributed by atoms with Gasteiger partial charge in [-0.05, 0) is 93.5 Å². The second-order valence-electron chi connectivity index (χ2n) is 9.95. The van der Waals surface area contributed by atoms with Gasteiger partial charge >= 0.3 is 5.97 Å². The molecule has 0 aliphatic carbocycles. The Morgan fingerprint density at radius 1 is 1.20 bits per heavy atom. The summed E-state index contributed by atoms with van der Waals surface area (Å²) in [6.07, 6.45) is 5.11. The number of carbonyl (C=O) groups excluding carboxylic acids is 1. The normalized spacial score (nSPS) is 13.7. The summed E-state index contributed by atoms with van der Waals surface area (Å²) in [5, 5.41) is 12.7. The molecule has 6 nitrogen and oxygen atoms in total. The van der Waals surface area contributed by atoms with Crippen molar-refractivity contribution >= 4 is 23.5 Å². The summed E-state index contributed by atoms with van der Waals surface area (Å²) in [4.78, 5) is 26.4. The van der Waals surface area contributed by atoms with Crippen LogP contribution in [0.5, 0.6) is 11.5 Å². The highest BCUT2D eigenvalue weighted by molar-refractivity contribution is 6.29. The predicted molar refractivity (Wildman–Crippen MR) is 159 cm³/mol. The number of allylic oxidation sites excluding steroid dienone is 3. The fourth-order valence-electron chi connectivity index (χ4n) is 4.29. The Morgan fingerprint density at radius 2 is 1.90 bits per heavy atom. The molecule has 2 atom stereocenters. The van der Waals surface area contributed by atoms with Crippen molar-refractivity contribution in [1.29, 1.82) is 0 Å². The van der Waals surface area contributed by atoms with E-state index in [1.54, 1.807) is 31.2 Å². The first kappa shape index (κ1) is 32.6. The molecule has 40 heavy (non-hydrogen) atoms. The van der Waals surface area contributed by atoms with E-state index in [4.69, 9.17) is 21.4 Å². The van der Waals surface area contributed by atoms with Crippen LogP contribution in [0.4, 0.5) is 4.39 Å². The maximum absolute atomic E-state index is 14.7. The van der Waals surface area contributed by atoms with Gasteiger partial charge in [-0.25, -0.2) is 4.39 Å². The molecule has 0 saturated carbocycles. The summed E-state index contributed by atoms with van der Waals surface area (Å²) in [6.45, 7) is 13.3. The van der Waals surface area contributed by atoms with E-state index in [0.29, 0.717) is 47.1 Å². The van der Waals surface area contributed by atoms with Gasteiger partial charge in [-0.3, -0.25) is 9.59 Å². The lowest BCUT2D eigenvalue weighted by molar-refractivity contribution is -0.137. The van der Waals surface area contributed by atoms with Crippen molar-refractivity contribution in [3.8, 4) is 11.5 Å². The van der Waals surface area contributed by atoms with E-state index in [1.165, 1.54) is 12.1 Å². The second kappa shape index (κ2) is 15.3. The lowest BCUT2D eigenvalue weighted by atomic mass is 10.0. The van der Waals surface area contributed by atoms with Crippen molar-refractivity contribution in [1.82, 2.24) is 10.2 Å². The van der Waals surface area contributed by atoms with Crippen LogP contribution in [0.2, 0.25) is 0 Å². The third-order valence-corrected chi connectivity index (χ3v) is 6.94. The number of aryl methyl sites for hydroxylation is 2. The first-order valence-electron chi connectivity index (χ1n) is 13.3. The smallest absolute Gasteiger partial charge is 0.303 e. The molecule has 2 aromatic rings. The van der Waals surface area contributed by atoms with Gasteiger partial charge in [0, 0.05) is 30.6 Å². The molecule has 0 heterocycles. The zero-order valence-electron chi connectivity index (χ0n) is 24.2. The molecule has 0 aliphatic heterocycles. The van der Waals surface area contributed by atoms with Crippen molar-refractivity contribution in [2.75, 3.05) is 7.05 Å². The molecule has 0 aromatic heterocycles. The lowest BCUT2D eigenvalue weighted by Gasteiger charge is -2.30. The summed E-state index contributed by atoms with van der Waals surface area (Å²) < 4.78 is 20.7. The zero-order valence-corrected chi connectivity index (χ0v) is 24.9. The minimum absolute atomic E-state index is 0.0419. The maximum atomic E-state index is 14.7.